The third-order valence-corrected chi connectivity index (χ3v) is 3.05. The Bertz CT molecular complexity index is 476. The van der Waals surface area contributed by atoms with Crippen molar-refractivity contribution in [3.05, 3.63) is 39.9 Å². The molecular weight excluding hydrogens is 258 g/mol. The van der Waals surface area contributed by atoms with E-state index in [0.29, 0.717) is 0 Å². The monoisotopic (exact) mass is 279 g/mol. The van der Waals surface area contributed by atoms with E-state index < -0.39 is 4.92 Å². The number of nitrogens with two attached hydrogens (primary N) is 1. The molecule has 1 rings (SSSR count). The molecular formula is C14H21N3O3. The summed E-state index contributed by atoms with van der Waals surface area (Å²) in [5, 5.41) is 14.1. The van der Waals surface area contributed by atoms with Crippen molar-refractivity contribution in [2.45, 2.75) is 45.2 Å². The van der Waals surface area contributed by atoms with Crippen molar-refractivity contribution in [3.8, 4) is 0 Å². The molecule has 1 aromatic carbocycles. The summed E-state index contributed by atoms with van der Waals surface area (Å²) in [6.07, 6.45) is 2.02. The molecule has 0 radical (unpaired) electrons. The van der Waals surface area contributed by atoms with Gasteiger partial charge in [-0.1, -0.05) is 25.5 Å². The smallest absolute Gasteiger partial charge is 0.269 e. The third kappa shape index (κ3) is 4.97. The first-order valence-electron chi connectivity index (χ1n) is 6.72. The van der Waals surface area contributed by atoms with E-state index in [2.05, 4.69) is 5.32 Å². The maximum absolute atomic E-state index is 10.9. The van der Waals surface area contributed by atoms with Crippen LogP contribution in [0.2, 0.25) is 0 Å². The van der Waals surface area contributed by atoms with Gasteiger partial charge in [-0.05, 0) is 18.9 Å². The minimum Gasteiger partial charge on any atom is -0.370 e. The molecule has 1 aromatic rings. The van der Waals surface area contributed by atoms with Crippen LogP contribution < -0.4 is 11.1 Å². The van der Waals surface area contributed by atoms with Gasteiger partial charge in [0.2, 0.25) is 5.91 Å². The molecule has 3 N–H and O–H groups in total. The van der Waals surface area contributed by atoms with Crippen molar-refractivity contribution < 1.29 is 9.72 Å². The van der Waals surface area contributed by atoms with Crippen LogP contribution in [0, 0.1) is 10.1 Å². The second-order valence-corrected chi connectivity index (χ2v) is 4.93. The normalized spacial score (nSPS) is 13.7. The minimum absolute atomic E-state index is 0.0192. The molecule has 110 valence electrons. The number of amides is 1. The van der Waals surface area contributed by atoms with Gasteiger partial charge in [0.25, 0.3) is 5.69 Å². The molecule has 0 aliphatic rings. The molecule has 0 bridgehead atoms. The molecule has 6 nitrogen and oxygen atoms in total. The largest absolute Gasteiger partial charge is 0.370 e. The number of carbonyl (C=O) groups is 1. The van der Waals surface area contributed by atoms with E-state index in [1.54, 1.807) is 12.1 Å². The van der Waals surface area contributed by atoms with Crippen LogP contribution in [0.4, 0.5) is 5.69 Å². The van der Waals surface area contributed by atoms with Crippen LogP contribution in [0.25, 0.3) is 0 Å². The van der Waals surface area contributed by atoms with E-state index in [1.807, 2.05) is 19.9 Å². The zero-order chi connectivity index (χ0) is 15.1. The first-order valence-corrected chi connectivity index (χ1v) is 6.72. The molecule has 0 heterocycles. The number of hydrogen-bond donors (Lipinski definition) is 2. The van der Waals surface area contributed by atoms with Crippen LogP contribution in [0.3, 0.4) is 0 Å². The van der Waals surface area contributed by atoms with Crippen molar-refractivity contribution in [1.82, 2.24) is 5.32 Å². The maximum Gasteiger partial charge on any atom is 0.269 e. The second kappa shape index (κ2) is 7.59. The van der Waals surface area contributed by atoms with E-state index in [-0.39, 0.29) is 30.1 Å². The van der Waals surface area contributed by atoms with E-state index in [9.17, 15) is 14.9 Å². The van der Waals surface area contributed by atoms with Crippen LogP contribution >= 0.6 is 0 Å². The highest BCUT2D eigenvalue weighted by atomic mass is 16.6. The number of non-ortho nitro benzene ring substituents is 1. The fourth-order valence-electron chi connectivity index (χ4n) is 2.19. The zero-order valence-electron chi connectivity index (χ0n) is 11.8. The number of nitro benzene ring substituents is 1. The number of nitro groups is 1. The van der Waals surface area contributed by atoms with Crippen molar-refractivity contribution in [2.24, 2.45) is 5.73 Å². The highest BCUT2D eigenvalue weighted by molar-refractivity contribution is 5.74. The molecule has 1 amide bonds. The summed E-state index contributed by atoms with van der Waals surface area (Å²) in [5.74, 6) is -0.362. The average molecular weight is 279 g/mol. The number of rotatable bonds is 8. The number of hydrogen-bond acceptors (Lipinski definition) is 4. The molecule has 0 aliphatic carbocycles. The highest BCUT2D eigenvalue weighted by Crippen LogP contribution is 2.23. The minimum atomic E-state index is -0.403. The molecule has 0 aliphatic heterocycles. The van der Waals surface area contributed by atoms with Gasteiger partial charge in [-0.2, -0.15) is 0 Å². The molecule has 2 atom stereocenters. The Kier molecular flexibility index (Phi) is 6.11. The van der Waals surface area contributed by atoms with Crippen LogP contribution in [0.1, 0.15) is 44.7 Å². The predicted octanol–water partition coefficient (Wildman–Crippen LogP) is 2.29. The first-order chi connectivity index (χ1) is 9.43. The van der Waals surface area contributed by atoms with Crippen LogP contribution in [0.15, 0.2) is 24.3 Å². The molecule has 0 saturated heterocycles. The van der Waals surface area contributed by atoms with Crippen molar-refractivity contribution >= 4 is 11.6 Å². The van der Waals surface area contributed by atoms with Crippen LogP contribution in [0.5, 0.6) is 0 Å². The van der Waals surface area contributed by atoms with Gasteiger partial charge in [-0.25, -0.2) is 0 Å². The Hall–Kier alpha value is -1.95. The highest BCUT2D eigenvalue weighted by Gasteiger charge is 2.17. The topological polar surface area (TPSA) is 98.3 Å². The summed E-state index contributed by atoms with van der Waals surface area (Å²) in [5.41, 5.74) is 6.11. The molecule has 0 aromatic heterocycles. The lowest BCUT2D eigenvalue weighted by Gasteiger charge is -2.22. The second-order valence-electron chi connectivity index (χ2n) is 4.93. The van der Waals surface area contributed by atoms with Crippen LogP contribution in [-0.4, -0.2) is 16.9 Å². The third-order valence-electron chi connectivity index (χ3n) is 3.05. The molecule has 6 heteroatoms. The predicted molar refractivity (Wildman–Crippen MR) is 77.2 cm³/mol. The van der Waals surface area contributed by atoms with Gasteiger partial charge in [-0.3, -0.25) is 14.9 Å². The van der Waals surface area contributed by atoms with E-state index in [0.717, 1.165) is 18.4 Å². The van der Waals surface area contributed by atoms with Gasteiger partial charge >= 0.3 is 0 Å². The van der Waals surface area contributed by atoms with Gasteiger partial charge in [0, 0.05) is 30.6 Å². The fourth-order valence-corrected chi connectivity index (χ4v) is 2.19. The van der Waals surface area contributed by atoms with Crippen molar-refractivity contribution in [1.29, 1.82) is 0 Å². The Labute approximate surface area is 118 Å². The number of benzene rings is 1. The molecule has 2 unspecified atom stereocenters. The lowest BCUT2D eigenvalue weighted by Crippen LogP contribution is -2.34. The Morgan fingerprint density at radius 2 is 2.20 bits per heavy atom. The Morgan fingerprint density at radius 3 is 2.75 bits per heavy atom. The van der Waals surface area contributed by atoms with Gasteiger partial charge in [0.05, 0.1) is 4.92 Å². The first kappa shape index (κ1) is 16.1. The standard InChI is InChI=1S/C14H21N3O3/c1-3-5-13(16-10(2)8-14(15)18)11-6-4-7-12(9-11)17(19)20/h4,6-7,9-10,13,16H,3,5,8H2,1-2H3,(H2,15,18). The Morgan fingerprint density at radius 1 is 1.50 bits per heavy atom. The summed E-state index contributed by atoms with van der Waals surface area (Å²) >= 11 is 0. The average Bonchev–Trinajstić information content (AvgIpc) is 2.37. The lowest BCUT2D eigenvalue weighted by atomic mass is 10.0. The van der Waals surface area contributed by atoms with Crippen molar-refractivity contribution in [2.75, 3.05) is 0 Å². The van der Waals surface area contributed by atoms with Gasteiger partial charge < -0.3 is 11.1 Å². The fraction of sp³-hybridized carbons (Fsp3) is 0.500. The van der Waals surface area contributed by atoms with Gasteiger partial charge in [0.1, 0.15) is 0 Å². The quantitative estimate of drug-likeness (QED) is 0.563. The molecule has 20 heavy (non-hydrogen) atoms. The summed E-state index contributed by atoms with van der Waals surface area (Å²) in [4.78, 5) is 21.3. The van der Waals surface area contributed by atoms with E-state index in [1.165, 1.54) is 6.07 Å². The summed E-state index contributed by atoms with van der Waals surface area (Å²) in [7, 11) is 0. The number of primary amides is 1. The van der Waals surface area contributed by atoms with Crippen molar-refractivity contribution in [3.63, 3.8) is 0 Å². The summed E-state index contributed by atoms with van der Waals surface area (Å²) in [6.45, 7) is 3.93. The van der Waals surface area contributed by atoms with Gasteiger partial charge in [0.15, 0.2) is 0 Å². The summed E-state index contributed by atoms with van der Waals surface area (Å²) < 4.78 is 0. The van der Waals surface area contributed by atoms with E-state index >= 15 is 0 Å². The molecule has 0 spiro atoms. The van der Waals surface area contributed by atoms with Gasteiger partial charge in [-0.15, -0.1) is 0 Å². The molecule has 0 fully saturated rings. The Balaban J connectivity index is 2.87. The lowest BCUT2D eigenvalue weighted by molar-refractivity contribution is -0.384. The number of nitrogens with zero attached hydrogens (tertiary/aromatic N) is 1. The number of carbonyl (C=O) groups excluding carboxylic acids is 1. The van der Waals surface area contributed by atoms with Crippen LogP contribution in [-0.2, 0) is 4.79 Å². The SMILES string of the molecule is CCCC(NC(C)CC(N)=O)c1cccc([N+](=O)[O-])c1. The van der Waals surface area contributed by atoms with E-state index in [4.69, 9.17) is 5.73 Å². The molecule has 0 saturated carbocycles. The number of nitrogens with one attached hydrogen (secondary N) is 1. The summed E-state index contributed by atoms with van der Waals surface area (Å²) in [6, 6.07) is 6.50. The zero-order valence-corrected chi connectivity index (χ0v) is 11.8. The maximum atomic E-state index is 10.9.